The molecule has 0 amide bonds. The first-order valence-electron chi connectivity index (χ1n) is 4.31. The maximum absolute atomic E-state index is 10.3. The van der Waals surface area contributed by atoms with E-state index in [1.807, 2.05) is 0 Å². The number of carboxylic acids is 2. The molecule has 0 spiro atoms. The molecule has 0 fully saturated rings. The van der Waals surface area contributed by atoms with Gasteiger partial charge in [-0.25, -0.2) is 0 Å². The lowest BCUT2D eigenvalue weighted by Gasteiger charge is -2.09. The smallest absolute Gasteiger partial charge is 0.320 e. The van der Waals surface area contributed by atoms with Crippen LogP contribution in [0.3, 0.4) is 0 Å². The summed E-state index contributed by atoms with van der Waals surface area (Å²) in [4.78, 5) is 20.4. The van der Waals surface area contributed by atoms with Crippen LogP contribution in [0.4, 0.5) is 0 Å². The van der Waals surface area contributed by atoms with Crippen molar-refractivity contribution in [2.75, 3.05) is 0 Å². The number of rotatable bonds is 7. The zero-order valence-electron chi connectivity index (χ0n) is 7.72. The monoisotopic (exact) mass is 205 g/mol. The Bertz CT molecular complexity index is 206. The van der Waals surface area contributed by atoms with E-state index in [2.05, 4.69) is 0 Å². The van der Waals surface area contributed by atoms with E-state index in [0.29, 0.717) is 6.42 Å². The molecule has 14 heavy (non-hydrogen) atoms. The second kappa shape index (κ2) is 6.33. The standard InChI is InChI=1S/C8H15NO5/c9-6(8(13)14)3-1-2-5(10)4-7(11)12/h5-6,10H,1-4,9H2,(H,11,12)(H,13,14). The van der Waals surface area contributed by atoms with E-state index in [1.165, 1.54) is 0 Å². The highest BCUT2D eigenvalue weighted by atomic mass is 16.4. The molecule has 0 aromatic rings. The molecule has 0 heterocycles. The summed E-state index contributed by atoms with van der Waals surface area (Å²) in [6.45, 7) is 0. The van der Waals surface area contributed by atoms with Gasteiger partial charge in [-0.1, -0.05) is 0 Å². The predicted octanol–water partition coefficient (Wildman–Crippen LogP) is -0.596. The van der Waals surface area contributed by atoms with Gasteiger partial charge in [-0.05, 0) is 19.3 Å². The lowest BCUT2D eigenvalue weighted by atomic mass is 10.1. The van der Waals surface area contributed by atoms with E-state index in [0.717, 1.165) is 0 Å². The molecule has 0 aliphatic heterocycles. The zero-order valence-corrected chi connectivity index (χ0v) is 7.72. The summed E-state index contributed by atoms with van der Waals surface area (Å²) < 4.78 is 0. The topological polar surface area (TPSA) is 121 Å². The molecule has 0 saturated carbocycles. The Morgan fingerprint density at radius 2 is 1.79 bits per heavy atom. The maximum atomic E-state index is 10.3. The van der Waals surface area contributed by atoms with Gasteiger partial charge in [0, 0.05) is 0 Å². The first kappa shape index (κ1) is 12.9. The molecule has 2 atom stereocenters. The Morgan fingerprint density at radius 1 is 1.21 bits per heavy atom. The molecule has 0 aliphatic rings. The third-order valence-corrected chi connectivity index (χ3v) is 1.78. The van der Waals surface area contributed by atoms with Gasteiger partial charge < -0.3 is 21.1 Å². The van der Waals surface area contributed by atoms with Gasteiger partial charge in [0.15, 0.2) is 0 Å². The molecule has 0 radical (unpaired) electrons. The van der Waals surface area contributed by atoms with Crippen molar-refractivity contribution < 1.29 is 24.9 Å². The minimum Gasteiger partial charge on any atom is -0.481 e. The minimum atomic E-state index is -1.09. The van der Waals surface area contributed by atoms with E-state index in [9.17, 15) is 9.59 Å². The molecule has 2 unspecified atom stereocenters. The van der Waals surface area contributed by atoms with E-state index >= 15 is 0 Å². The van der Waals surface area contributed by atoms with E-state index in [4.69, 9.17) is 21.1 Å². The van der Waals surface area contributed by atoms with Crippen LogP contribution >= 0.6 is 0 Å². The van der Waals surface area contributed by atoms with Crippen molar-refractivity contribution in [1.82, 2.24) is 0 Å². The Kier molecular flexibility index (Phi) is 5.82. The Morgan fingerprint density at radius 3 is 2.21 bits per heavy atom. The van der Waals surface area contributed by atoms with Crippen molar-refractivity contribution >= 4 is 11.9 Å². The Hall–Kier alpha value is -1.14. The van der Waals surface area contributed by atoms with Gasteiger partial charge in [0.2, 0.25) is 0 Å². The number of aliphatic hydroxyl groups excluding tert-OH is 1. The second-order valence-electron chi connectivity index (χ2n) is 3.13. The van der Waals surface area contributed by atoms with E-state index < -0.39 is 24.1 Å². The summed E-state index contributed by atoms with van der Waals surface area (Å²) in [7, 11) is 0. The summed E-state index contributed by atoms with van der Waals surface area (Å²) in [6.07, 6.45) is -0.336. The quantitative estimate of drug-likeness (QED) is 0.440. The van der Waals surface area contributed by atoms with Gasteiger partial charge in [0.05, 0.1) is 12.5 Å². The maximum Gasteiger partial charge on any atom is 0.320 e. The molecule has 0 bridgehead atoms. The zero-order chi connectivity index (χ0) is 11.1. The molecule has 0 rings (SSSR count). The normalized spacial score (nSPS) is 14.7. The van der Waals surface area contributed by atoms with Gasteiger partial charge in [-0.3, -0.25) is 9.59 Å². The summed E-state index contributed by atoms with van der Waals surface area (Å²) in [5, 5.41) is 25.8. The van der Waals surface area contributed by atoms with Crippen LogP contribution in [0, 0.1) is 0 Å². The fraction of sp³-hybridized carbons (Fsp3) is 0.750. The molecule has 0 saturated heterocycles. The lowest BCUT2D eigenvalue weighted by Crippen LogP contribution is -2.30. The summed E-state index contributed by atoms with van der Waals surface area (Å²) >= 11 is 0. The number of carbonyl (C=O) groups is 2. The largest absolute Gasteiger partial charge is 0.481 e. The van der Waals surface area contributed by atoms with E-state index in [-0.39, 0.29) is 19.3 Å². The number of hydrogen-bond donors (Lipinski definition) is 4. The van der Waals surface area contributed by atoms with Crippen molar-refractivity contribution in [3.05, 3.63) is 0 Å². The van der Waals surface area contributed by atoms with Gasteiger partial charge in [0.25, 0.3) is 0 Å². The highest BCUT2D eigenvalue weighted by Gasteiger charge is 2.13. The number of nitrogens with two attached hydrogens (primary N) is 1. The molecule has 0 aromatic heterocycles. The second-order valence-corrected chi connectivity index (χ2v) is 3.13. The molecule has 6 heteroatoms. The predicted molar refractivity (Wildman–Crippen MR) is 47.7 cm³/mol. The van der Waals surface area contributed by atoms with Crippen LogP contribution in [-0.2, 0) is 9.59 Å². The number of carboxylic acid groups (broad SMARTS) is 2. The fourth-order valence-electron chi connectivity index (χ4n) is 1.00. The molecular weight excluding hydrogens is 190 g/mol. The number of hydrogen-bond acceptors (Lipinski definition) is 4. The van der Waals surface area contributed by atoms with Crippen LogP contribution in [-0.4, -0.2) is 39.4 Å². The summed E-state index contributed by atoms with van der Waals surface area (Å²) in [5.41, 5.74) is 5.21. The SMILES string of the molecule is NC(CCCC(O)CC(=O)O)C(=O)O. The summed E-state index contributed by atoms with van der Waals surface area (Å²) in [5.74, 6) is -2.15. The van der Waals surface area contributed by atoms with Crippen molar-refractivity contribution in [2.24, 2.45) is 5.73 Å². The van der Waals surface area contributed by atoms with Crippen molar-refractivity contribution in [2.45, 2.75) is 37.8 Å². The van der Waals surface area contributed by atoms with E-state index in [1.54, 1.807) is 0 Å². The van der Waals surface area contributed by atoms with Crippen LogP contribution in [0.2, 0.25) is 0 Å². The third kappa shape index (κ3) is 6.38. The molecule has 82 valence electrons. The van der Waals surface area contributed by atoms with Crippen molar-refractivity contribution in [3.8, 4) is 0 Å². The molecule has 0 aromatic carbocycles. The van der Waals surface area contributed by atoms with Gasteiger partial charge in [-0.15, -0.1) is 0 Å². The van der Waals surface area contributed by atoms with Gasteiger partial charge in [0.1, 0.15) is 6.04 Å². The molecule has 0 aliphatic carbocycles. The molecular formula is C8H15NO5. The van der Waals surface area contributed by atoms with Crippen LogP contribution in [0.25, 0.3) is 0 Å². The van der Waals surface area contributed by atoms with Crippen molar-refractivity contribution in [3.63, 3.8) is 0 Å². The molecule has 5 N–H and O–H groups in total. The Labute approximate surface area is 81.3 Å². The fourth-order valence-corrected chi connectivity index (χ4v) is 1.00. The van der Waals surface area contributed by atoms with Crippen LogP contribution in [0.5, 0.6) is 0 Å². The van der Waals surface area contributed by atoms with Crippen molar-refractivity contribution in [1.29, 1.82) is 0 Å². The van der Waals surface area contributed by atoms with Gasteiger partial charge in [-0.2, -0.15) is 0 Å². The first-order chi connectivity index (χ1) is 6.43. The Balaban J connectivity index is 3.53. The van der Waals surface area contributed by atoms with Crippen LogP contribution in [0.15, 0.2) is 0 Å². The first-order valence-corrected chi connectivity index (χ1v) is 4.31. The minimum absolute atomic E-state index is 0.242. The number of aliphatic carboxylic acids is 2. The highest BCUT2D eigenvalue weighted by Crippen LogP contribution is 2.06. The third-order valence-electron chi connectivity index (χ3n) is 1.78. The lowest BCUT2D eigenvalue weighted by molar-refractivity contribution is -0.140. The average molecular weight is 205 g/mol. The van der Waals surface area contributed by atoms with Crippen LogP contribution < -0.4 is 5.73 Å². The highest BCUT2D eigenvalue weighted by molar-refractivity contribution is 5.72. The van der Waals surface area contributed by atoms with Gasteiger partial charge >= 0.3 is 11.9 Å². The number of aliphatic hydroxyl groups is 1. The van der Waals surface area contributed by atoms with Crippen LogP contribution in [0.1, 0.15) is 25.7 Å². The molecule has 6 nitrogen and oxygen atoms in total. The summed E-state index contributed by atoms with van der Waals surface area (Å²) in [6, 6.07) is -0.938. The average Bonchev–Trinajstić information content (AvgIpc) is 2.02.